The van der Waals surface area contributed by atoms with E-state index in [1.807, 2.05) is 0 Å². The number of fused-ring (bicyclic) bond motifs is 1. The Labute approximate surface area is 153 Å². The third kappa shape index (κ3) is 3.44. The lowest BCUT2D eigenvalue weighted by Crippen LogP contribution is -2.38. The molecule has 1 aromatic carbocycles. The van der Waals surface area contributed by atoms with Crippen LogP contribution >= 0.6 is 0 Å². The van der Waals surface area contributed by atoms with Crippen LogP contribution in [-0.2, 0) is 4.79 Å². The minimum absolute atomic E-state index is 0.158. The van der Waals surface area contributed by atoms with Gasteiger partial charge in [-0.2, -0.15) is 0 Å². The number of hydrogen-bond donors (Lipinski definition) is 3. The highest BCUT2D eigenvalue weighted by Gasteiger charge is 2.34. The van der Waals surface area contributed by atoms with Gasteiger partial charge in [0.2, 0.25) is 5.78 Å². The van der Waals surface area contributed by atoms with E-state index in [-0.39, 0.29) is 22.2 Å². The van der Waals surface area contributed by atoms with E-state index in [0.29, 0.717) is 0 Å². The zero-order chi connectivity index (χ0) is 20.6. The number of carboxylic acids is 1. The van der Waals surface area contributed by atoms with E-state index in [1.54, 1.807) is 0 Å². The number of carbonyl (C=O) groups excluding carboxylic acids is 1. The first-order chi connectivity index (χ1) is 13.1. The number of alkyl halides is 3. The molecule has 0 radical (unpaired) electrons. The summed E-state index contributed by atoms with van der Waals surface area (Å²) in [5.74, 6) is -4.33. The van der Waals surface area contributed by atoms with Crippen LogP contribution in [0.2, 0.25) is 0 Å². The molecule has 0 bridgehead atoms. The number of pyridine rings is 1. The number of ether oxygens (including phenoxy) is 1. The number of hydrogen-bond acceptors (Lipinski definition) is 8. The van der Waals surface area contributed by atoms with Gasteiger partial charge in [0.15, 0.2) is 23.1 Å². The number of nitrogens with two attached hydrogens (primary N) is 1. The van der Waals surface area contributed by atoms with Crippen molar-refractivity contribution in [3.8, 4) is 22.8 Å². The topological polar surface area (TPSA) is 149 Å². The molecule has 2 aromatic heterocycles. The molecule has 2 heterocycles. The molecule has 0 saturated carbocycles. The maximum atomic E-state index is 12.7. The van der Waals surface area contributed by atoms with E-state index >= 15 is 0 Å². The van der Waals surface area contributed by atoms with Crippen LogP contribution in [0.5, 0.6) is 11.5 Å². The summed E-state index contributed by atoms with van der Waals surface area (Å²) in [7, 11) is 0. The molecule has 0 fully saturated rings. The van der Waals surface area contributed by atoms with Gasteiger partial charge in [-0.3, -0.25) is 9.59 Å². The van der Waals surface area contributed by atoms with Crippen molar-refractivity contribution in [3.05, 3.63) is 36.2 Å². The molecule has 4 N–H and O–H groups in total. The van der Waals surface area contributed by atoms with E-state index < -0.39 is 41.3 Å². The van der Waals surface area contributed by atoms with Crippen LogP contribution in [0.25, 0.3) is 22.2 Å². The number of aliphatic carboxylic acids is 1. The van der Waals surface area contributed by atoms with Gasteiger partial charge in [-0.25, -0.2) is 4.98 Å². The number of aromatic hydroxyl groups is 1. The average Bonchev–Trinajstić information content (AvgIpc) is 3.04. The molecule has 1 unspecified atom stereocenters. The Kier molecular flexibility index (Phi) is 4.65. The second-order valence-electron chi connectivity index (χ2n) is 5.45. The van der Waals surface area contributed by atoms with E-state index in [4.69, 9.17) is 15.4 Å². The van der Waals surface area contributed by atoms with Crippen LogP contribution < -0.4 is 10.5 Å². The summed E-state index contributed by atoms with van der Waals surface area (Å²) >= 11 is 0. The smallest absolute Gasteiger partial charge is 0.505 e. The van der Waals surface area contributed by atoms with Gasteiger partial charge in [-0.1, -0.05) is 17.3 Å². The minimum atomic E-state index is -4.99. The van der Waals surface area contributed by atoms with E-state index in [0.717, 1.165) is 12.3 Å². The second-order valence-corrected chi connectivity index (χ2v) is 5.45. The number of ketones is 1. The van der Waals surface area contributed by atoms with Gasteiger partial charge in [-0.15, -0.1) is 13.2 Å². The second kappa shape index (κ2) is 6.81. The Hall–Kier alpha value is -3.67. The molecule has 0 spiro atoms. The zero-order valence-electron chi connectivity index (χ0n) is 13.6. The monoisotopic (exact) mass is 397 g/mol. The Morgan fingerprint density at radius 2 is 1.93 bits per heavy atom. The Morgan fingerprint density at radius 3 is 2.57 bits per heavy atom. The largest absolute Gasteiger partial charge is 0.573 e. The summed E-state index contributed by atoms with van der Waals surface area (Å²) in [4.78, 5) is 26.6. The molecular formula is C16H10F3N3O6. The maximum Gasteiger partial charge on any atom is 0.573 e. The Morgan fingerprint density at radius 1 is 1.25 bits per heavy atom. The van der Waals surface area contributed by atoms with Gasteiger partial charge in [0.25, 0.3) is 0 Å². The molecule has 9 nitrogen and oxygen atoms in total. The van der Waals surface area contributed by atoms with Crippen molar-refractivity contribution in [1.29, 1.82) is 0 Å². The minimum Gasteiger partial charge on any atom is -0.505 e. The lowest BCUT2D eigenvalue weighted by molar-refractivity contribution is -0.274. The first kappa shape index (κ1) is 19.1. The first-order valence-electron chi connectivity index (χ1n) is 7.45. The van der Waals surface area contributed by atoms with Crippen LogP contribution in [0.15, 0.2) is 35.0 Å². The molecule has 0 aliphatic rings. The quantitative estimate of drug-likeness (QED) is 0.434. The molecule has 3 aromatic rings. The molecule has 12 heteroatoms. The Bertz CT molecular complexity index is 1080. The summed E-state index contributed by atoms with van der Waals surface area (Å²) < 4.78 is 46.8. The lowest BCUT2D eigenvalue weighted by Gasteiger charge is -2.12. The van der Waals surface area contributed by atoms with Crippen LogP contribution in [0.3, 0.4) is 0 Å². The highest BCUT2D eigenvalue weighted by Crippen LogP contribution is 2.40. The summed E-state index contributed by atoms with van der Waals surface area (Å²) in [5, 5.41) is 22.6. The number of rotatable bonds is 5. The van der Waals surface area contributed by atoms with Gasteiger partial charge in [0, 0.05) is 5.56 Å². The summed E-state index contributed by atoms with van der Waals surface area (Å²) in [5.41, 5.74) is 3.92. The number of aromatic nitrogens is 2. The standard InChI is InChI=1S/C16H10F3N3O6/c17-16(18,19)27-7-4-2-1-3-6(7)11-9-8(28-22-11)5-21-12(13(9)23)14(24)10(20)15(25)26/h1-5,10,23H,20H2,(H,25,26). The lowest BCUT2D eigenvalue weighted by atomic mass is 10.0. The molecular weight excluding hydrogens is 387 g/mol. The predicted octanol–water partition coefficient (Wildman–Crippen LogP) is 2.09. The highest BCUT2D eigenvalue weighted by molar-refractivity contribution is 6.14. The Balaban J connectivity index is 2.19. The number of Topliss-reactive ketones (excluding diaryl/α,β-unsaturated/α-hetero) is 1. The number of carboxylic acid groups (broad SMARTS) is 1. The summed E-state index contributed by atoms with van der Waals surface area (Å²) in [6, 6.07) is 2.93. The average molecular weight is 397 g/mol. The van der Waals surface area contributed by atoms with Gasteiger partial charge in [-0.05, 0) is 12.1 Å². The van der Waals surface area contributed by atoms with E-state index in [1.165, 1.54) is 18.2 Å². The van der Waals surface area contributed by atoms with Crippen molar-refractivity contribution in [3.63, 3.8) is 0 Å². The van der Waals surface area contributed by atoms with E-state index in [2.05, 4.69) is 14.9 Å². The third-order valence-corrected chi connectivity index (χ3v) is 3.64. The molecule has 146 valence electrons. The van der Waals surface area contributed by atoms with Crippen molar-refractivity contribution < 1.29 is 42.2 Å². The predicted molar refractivity (Wildman–Crippen MR) is 85.5 cm³/mol. The van der Waals surface area contributed by atoms with Crippen molar-refractivity contribution in [2.45, 2.75) is 12.4 Å². The molecule has 0 aliphatic heterocycles. The van der Waals surface area contributed by atoms with Gasteiger partial charge in [0.1, 0.15) is 11.4 Å². The van der Waals surface area contributed by atoms with Crippen LogP contribution in [-0.4, -0.2) is 44.5 Å². The number of carbonyl (C=O) groups is 2. The molecule has 3 rings (SSSR count). The van der Waals surface area contributed by atoms with Crippen LogP contribution in [0, 0.1) is 0 Å². The highest BCUT2D eigenvalue weighted by atomic mass is 19.4. The number of halogens is 3. The van der Waals surface area contributed by atoms with Crippen molar-refractivity contribution >= 4 is 22.7 Å². The summed E-state index contributed by atoms with van der Waals surface area (Å²) in [6.07, 6.45) is -4.03. The number of nitrogens with zero attached hydrogens (tertiary/aromatic N) is 2. The van der Waals surface area contributed by atoms with Gasteiger partial charge in [0.05, 0.1) is 11.6 Å². The molecule has 1 atom stereocenters. The van der Waals surface area contributed by atoms with Crippen molar-refractivity contribution in [2.75, 3.05) is 0 Å². The maximum absolute atomic E-state index is 12.7. The number of benzene rings is 1. The molecule has 0 aliphatic carbocycles. The van der Waals surface area contributed by atoms with Crippen LogP contribution in [0.1, 0.15) is 10.5 Å². The third-order valence-electron chi connectivity index (χ3n) is 3.64. The summed E-state index contributed by atoms with van der Waals surface area (Å²) in [6.45, 7) is 0. The molecule has 0 saturated heterocycles. The van der Waals surface area contributed by atoms with Crippen molar-refractivity contribution in [2.24, 2.45) is 5.73 Å². The fourth-order valence-electron chi connectivity index (χ4n) is 2.42. The molecule has 0 amide bonds. The van der Waals surface area contributed by atoms with Gasteiger partial charge >= 0.3 is 12.3 Å². The van der Waals surface area contributed by atoms with Crippen molar-refractivity contribution in [1.82, 2.24) is 10.1 Å². The first-order valence-corrected chi connectivity index (χ1v) is 7.45. The SMILES string of the molecule is NC(C(=O)O)C(=O)c1ncc2onc(-c3ccccc3OC(F)(F)F)c2c1O. The number of para-hydroxylation sites is 1. The fraction of sp³-hybridized carbons (Fsp3) is 0.125. The fourth-order valence-corrected chi connectivity index (χ4v) is 2.42. The van der Waals surface area contributed by atoms with E-state index in [9.17, 15) is 27.9 Å². The van der Waals surface area contributed by atoms with Crippen LogP contribution in [0.4, 0.5) is 13.2 Å². The normalized spacial score (nSPS) is 12.7. The molecule has 28 heavy (non-hydrogen) atoms. The zero-order valence-corrected chi connectivity index (χ0v) is 13.6. The van der Waals surface area contributed by atoms with Gasteiger partial charge < -0.3 is 25.2 Å².